The summed E-state index contributed by atoms with van der Waals surface area (Å²) < 4.78 is 10.2. The van der Waals surface area contributed by atoms with Crippen LogP contribution in [0.25, 0.3) is 0 Å². The van der Waals surface area contributed by atoms with E-state index in [1.54, 1.807) is 7.11 Å². The van der Waals surface area contributed by atoms with Gasteiger partial charge in [-0.05, 0) is 17.7 Å². The molecule has 0 spiro atoms. The summed E-state index contributed by atoms with van der Waals surface area (Å²) in [5.74, 6) is 0. The van der Waals surface area contributed by atoms with Gasteiger partial charge in [0.1, 0.15) is 0 Å². The number of ether oxygens (including phenoxy) is 2. The second-order valence-corrected chi connectivity index (χ2v) is 4.42. The van der Waals surface area contributed by atoms with E-state index in [9.17, 15) is 5.11 Å². The van der Waals surface area contributed by atoms with E-state index >= 15 is 0 Å². The van der Waals surface area contributed by atoms with Crippen LogP contribution in [0.1, 0.15) is 5.56 Å². The molecule has 0 saturated heterocycles. The van der Waals surface area contributed by atoms with E-state index in [0.29, 0.717) is 31.4 Å². The van der Waals surface area contributed by atoms with Crippen molar-refractivity contribution in [2.75, 3.05) is 33.5 Å². The lowest BCUT2D eigenvalue weighted by Gasteiger charge is -2.12. The molecule has 1 unspecified atom stereocenters. The molecule has 0 amide bonds. The fraction of sp³-hybridized carbons (Fsp3) is 0.538. The molecule has 0 fully saturated rings. The Morgan fingerprint density at radius 2 is 2.00 bits per heavy atom. The van der Waals surface area contributed by atoms with Crippen LogP contribution in [0.3, 0.4) is 0 Å². The second kappa shape index (κ2) is 10.1. The van der Waals surface area contributed by atoms with Gasteiger partial charge in [0.2, 0.25) is 0 Å². The maximum atomic E-state index is 9.61. The minimum atomic E-state index is -0.616. The summed E-state index contributed by atoms with van der Waals surface area (Å²) in [5.41, 5.74) is 3.66. The Morgan fingerprint density at radius 1 is 1.26 bits per heavy atom. The number of hydroxylamine groups is 1. The zero-order chi connectivity index (χ0) is 13.9. The van der Waals surface area contributed by atoms with Gasteiger partial charge in [-0.2, -0.15) is 5.48 Å². The molecule has 0 aliphatic carbocycles. The van der Waals surface area contributed by atoms with E-state index in [2.05, 4.69) is 5.48 Å². The zero-order valence-corrected chi connectivity index (χ0v) is 11.7. The van der Waals surface area contributed by atoms with Crippen LogP contribution < -0.4 is 5.48 Å². The standard InChI is InChI=1S/C13H20ClNO4/c1-17-6-7-19-15-8-13(16)10-18-9-11-2-4-12(14)5-3-11/h2-5,13,15-16H,6-10H2,1H3. The summed E-state index contributed by atoms with van der Waals surface area (Å²) in [6, 6.07) is 7.39. The number of hydrogen-bond donors (Lipinski definition) is 2. The molecule has 0 aliphatic rings. The molecule has 0 saturated carbocycles. The van der Waals surface area contributed by atoms with E-state index in [0.717, 1.165) is 5.56 Å². The quantitative estimate of drug-likeness (QED) is 0.503. The SMILES string of the molecule is COCCONCC(O)COCc1ccc(Cl)cc1. The fourth-order valence-electron chi connectivity index (χ4n) is 1.30. The van der Waals surface area contributed by atoms with Gasteiger partial charge in [0.05, 0.1) is 32.5 Å². The molecule has 0 aliphatic heterocycles. The van der Waals surface area contributed by atoms with Gasteiger partial charge in [-0.1, -0.05) is 23.7 Å². The summed E-state index contributed by atoms with van der Waals surface area (Å²) in [7, 11) is 1.60. The highest BCUT2D eigenvalue weighted by molar-refractivity contribution is 6.30. The van der Waals surface area contributed by atoms with Gasteiger partial charge in [0, 0.05) is 18.7 Å². The average molecular weight is 290 g/mol. The number of nitrogens with one attached hydrogen (secondary N) is 1. The molecular formula is C13H20ClNO4. The van der Waals surface area contributed by atoms with Gasteiger partial charge in [-0.25, -0.2) is 0 Å². The van der Waals surface area contributed by atoms with Crippen molar-refractivity contribution in [2.45, 2.75) is 12.7 Å². The van der Waals surface area contributed by atoms with E-state index < -0.39 is 6.10 Å². The molecule has 1 aromatic rings. The lowest BCUT2D eigenvalue weighted by atomic mass is 10.2. The molecule has 0 aromatic heterocycles. The van der Waals surface area contributed by atoms with E-state index in [-0.39, 0.29) is 6.61 Å². The predicted molar refractivity (Wildman–Crippen MR) is 72.9 cm³/mol. The first-order valence-corrected chi connectivity index (χ1v) is 6.44. The highest BCUT2D eigenvalue weighted by Crippen LogP contribution is 2.10. The number of hydrogen-bond acceptors (Lipinski definition) is 5. The van der Waals surface area contributed by atoms with Gasteiger partial charge in [-0.3, -0.25) is 4.84 Å². The van der Waals surface area contributed by atoms with Crippen molar-refractivity contribution in [1.82, 2.24) is 5.48 Å². The van der Waals surface area contributed by atoms with Crippen LogP contribution in [0.4, 0.5) is 0 Å². The predicted octanol–water partition coefficient (Wildman–Crippen LogP) is 1.39. The van der Waals surface area contributed by atoms with Gasteiger partial charge >= 0.3 is 0 Å². The molecule has 108 valence electrons. The number of aliphatic hydroxyl groups excluding tert-OH is 1. The monoisotopic (exact) mass is 289 g/mol. The van der Waals surface area contributed by atoms with Crippen LogP contribution in [0.15, 0.2) is 24.3 Å². The van der Waals surface area contributed by atoms with Crippen LogP contribution in [0.2, 0.25) is 5.02 Å². The summed E-state index contributed by atoms with van der Waals surface area (Å²) in [5, 5.41) is 10.3. The van der Waals surface area contributed by atoms with Gasteiger partial charge in [0.25, 0.3) is 0 Å². The van der Waals surface area contributed by atoms with Crippen molar-refractivity contribution < 1.29 is 19.4 Å². The van der Waals surface area contributed by atoms with Gasteiger partial charge in [-0.15, -0.1) is 0 Å². The zero-order valence-electron chi connectivity index (χ0n) is 11.0. The van der Waals surface area contributed by atoms with Crippen LogP contribution >= 0.6 is 11.6 Å². The van der Waals surface area contributed by atoms with Crippen molar-refractivity contribution in [1.29, 1.82) is 0 Å². The maximum absolute atomic E-state index is 9.61. The summed E-state index contributed by atoms with van der Waals surface area (Å²) in [6.45, 7) is 1.94. The Balaban J connectivity index is 2.03. The largest absolute Gasteiger partial charge is 0.389 e. The first kappa shape index (κ1) is 16.4. The smallest absolute Gasteiger partial charge is 0.0921 e. The van der Waals surface area contributed by atoms with Gasteiger partial charge in [0.15, 0.2) is 0 Å². The molecule has 6 heteroatoms. The highest BCUT2D eigenvalue weighted by atomic mass is 35.5. The van der Waals surface area contributed by atoms with Crippen molar-refractivity contribution in [3.8, 4) is 0 Å². The minimum absolute atomic E-state index is 0.239. The van der Waals surface area contributed by atoms with Crippen molar-refractivity contribution in [3.05, 3.63) is 34.9 Å². The summed E-state index contributed by atoms with van der Waals surface area (Å²) >= 11 is 5.78. The van der Waals surface area contributed by atoms with Crippen LogP contribution in [-0.2, 0) is 20.9 Å². The molecule has 1 rings (SSSR count). The number of rotatable bonds is 10. The first-order valence-electron chi connectivity index (χ1n) is 6.06. The van der Waals surface area contributed by atoms with Crippen molar-refractivity contribution in [2.24, 2.45) is 0 Å². The number of benzene rings is 1. The fourth-order valence-corrected chi connectivity index (χ4v) is 1.43. The van der Waals surface area contributed by atoms with Gasteiger partial charge < -0.3 is 14.6 Å². The first-order chi connectivity index (χ1) is 9.22. The third-order valence-electron chi connectivity index (χ3n) is 2.30. The molecule has 0 heterocycles. The van der Waals surface area contributed by atoms with E-state index in [4.69, 9.17) is 25.9 Å². The normalized spacial score (nSPS) is 12.6. The lowest BCUT2D eigenvalue weighted by molar-refractivity contribution is -0.0311. The third kappa shape index (κ3) is 8.15. The Morgan fingerprint density at radius 3 is 2.68 bits per heavy atom. The molecule has 1 atom stereocenters. The molecule has 5 nitrogen and oxygen atoms in total. The maximum Gasteiger partial charge on any atom is 0.0921 e. The number of halogens is 1. The molecule has 19 heavy (non-hydrogen) atoms. The Kier molecular flexibility index (Phi) is 8.73. The Bertz CT molecular complexity index is 334. The Labute approximate surface area is 118 Å². The molecule has 1 aromatic carbocycles. The number of aliphatic hydroxyl groups is 1. The topological polar surface area (TPSA) is 60.0 Å². The Hall–Kier alpha value is -0.690. The molecular weight excluding hydrogens is 270 g/mol. The van der Waals surface area contributed by atoms with Crippen LogP contribution in [0, 0.1) is 0 Å². The lowest BCUT2D eigenvalue weighted by Crippen LogP contribution is -2.31. The number of methoxy groups -OCH3 is 1. The van der Waals surface area contributed by atoms with Crippen LogP contribution in [-0.4, -0.2) is 44.7 Å². The highest BCUT2D eigenvalue weighted by Gasteiger charge is 2.04. The van der Waals surface area contributed by atoms with Crippen molar-refractivity contribution in [3.63, 3.8) is 0 Å². The minimum Gasteiger partial charge on any atom is -0.389 e. The average Bonchev–Trinajstić information content (AvgIpc) is 2.41. The van der Waals surface area contributed by atoms with Crippen LogP contribution in [0.5, 0.6) is 0 Å². The van der Waals surface area contributed by atoms with E-state index in [1.165, 1.54) is 0 Å². The summed E-state index contributed by atoms with van der Waals surface area (Å²) in [6.07, 6.45) is -0.616. The van der Waals surface area contributed by atoms with Crippen molar-refractivity contribution >= 4 is 11.6 Å². The molecule has 2 N–H and O–H groups in total. The molecule has 0 radical (unpaired) electrons. The molecule has 0 bridgehead atoms. The second-order valence-electron chi connectivity index (χ2n) is 3.99. The third-order valence-corrected chi connectivity index (χ3v) is 2.55. The van der Waals surface area contributed by atoms with E-state index in [1.807, 2.05) is 24.3 Å². The summed E-state index contributed by atoms with van der Waals surface area (Å²) in [4.78, 5) is 5.02.